The second-order valence-electron chi connectivity index (χ2n) is 2.76. The Bertz CT molecular complexity index is 455. The molecule has 0 bridgehead atoms. The molecular weight excluding hydrogens is 206 g/mol. The number of carboxylic acids is 1. The lowest BCUT2D eigenvalue weighted by molar-refractivity contribution is -0.386. The predicted octanol–water partition coefficient (Wildman–Crippen LogP) is 1.02. The number of hydrogen-bond acceptors (Lipinski definition) is 5. The van der Waals surface area contributed by atoms with Gasteiger partial charge in [0.05, 0.1) is 4.92 Å². The van der Waals surface area contributed by atoms with Crippen molar-refractivity contribution in [2.24, 2.45) is 0 Å². The number of rotatable bonds is 2. The van der Waals surface area contributed by atoms with Crippen molar-refractivity contribution in [2.75, 3.05) is 6.79 Å². The Morgan fingerprint density at radius 3 is 2.80 bits per heavy atom. The molecule has 0 amide bonds. The Morgan fingerprint density at radius 2 is 2.20 bits per heavy atom. The lowest BCUT2D eigenvalue weighted by Crippen LogP contribution is -2.03. The van der Waals surface area contributed by atoms with Crippen molar-refractivity contribution in [3.8, 4) is 11.5 Å². The van der Waals surface area contributed by atoms with E-state index in [1.165, 1.54) is 6.07 Å². The van der Waals surface area contributed by atoms with Crippen molar-refractivity contribution in [2.45, 2.75) is 0 Å². The summed E-state index contributed by atoms with van der Waals surface area (Å²) in [6.07, 6.45) is 0. The highest BCUT2D eigenvalue weighted by Gasteiger charge is 2.32. The molecule has 0 saturated heterocycles. The molecule has 7 heteroatoms. The second kappa shape index (κ2) is 3.12. The number of benzene rings is 1. The summed E-state index contributed by atoms with van der Waals surface area (Å²) in [4.78, 5) is 20.6. The number of nitro benzene ring substituents is 1. The van der Waals surface area contributed by atoms with Gasteiger partial charge in [-0.2, -0.15) is 0 Å². The first-order valence-corrected chi connectivity index (χ1v) is 3.91. The van der Waals surface area contributed by atoms with E-state index in [0.717, 1.165) is 6.07 Å². The van der Waals surface area contributed by atoms with Crippen LogP contribution in [0.4, 0.5) is 5.69 Å². The summed E-state index contributed by atoms with van der Waals surface area (Å²) < 4.78 is 9.76. The highest BCUT2D eigenvalue weighted by molar-refractivity contribution is 5.94. The Morgan fingerprint density at radius 1 is 1.47 bits per heavy atom. The van der Waals surface area contributed by atoms with Gasteiger partial charge in [0.2, 0.25) is 12.5 Å². The second-order valence-corrected chi connectivity index (χ2v) is 2.76. The number of carboxylic acid groups (broad SMARTS) is 1. The van der Waals surface area contributed by atoms with Crippen molar-refractivity contribution in [1.82, 2.24) is 0 Å². The Labute approximate surface area is 83.0 Å². The lowest BCUT2D eigenvalue weighted by atomic mass is 10.1. The number of ether oxygens (including phenoxy) is 2. The van der Waals surface area contributed by atoms with Crippen molar-refractivity contribution in [1.29, 1.82) is 0 Å². The number of aromatic carboxylic acids is 1. The normalized spacial score (nSPS) is 12.5. The molecule has 1 N–H and O–H groups in total. The molecular formula is C8H5NO6. The van der Waals surface area contributed by atoms with E-state index in [2.05, 4.69) is 0 Å². The van der Waals surface area contributed by atoms with Crippen LogP contribution >= 0.6 is 0 Å². The van der Waals surface area contributed by atoms with Crippen LogP contribution in [0.25, 0.3) is 0 Å². The molecule has 0 saturated carbocycles. The summed E-state index contributed by atoms with van der Waals surface area (Å²) in [5.41, 5.74) is -0.984. The van der Waals surface area contributed by atoms with Gasteiger partial charge < -0.3 is 14.6 Å². The first-order chi connectivity index (χ1) is 7.11. The average Bonchev–Trinajstić information content (AvgIpc) is 2.62. The first kappa shape index (κ1) is 9.25. The first-order valence-electron chi connectivity index (χ1n) is 3.91. The maximum Gasteiger partial charge on any atom is 0.342 e. The zero-order chi connectivity index (χ0) is 11.0. The van der Waals surface area contributed by atoms with E-state index in [0.29, 0.717) is 0 Å². The van der Waals surface area contributed by atoms with Crippen molar-refractivity contribution in [3.63, 3.8) is 0 Å². The molecule has 1 aromatic carbocycles. The third-order valence-electron chi connectivity index (χ3n) is 1.93. The van der Waals surface area contributed by atoms with Crippen LogP contribution in [0.2, 0.25) is 0 Å². The maximum atomic E-state index is 10.7. The number of fused-ring (bicyclic) bond motifs is 1. The summed E-state index contributed by atoms with van der Waals surface area (Å²) in [5, 5.41) is 19.4. The Kier molecular flexibility index (Phi) is 1.93. The SMILES string of the molecule is O=C(O)c1ccc2c(c1[N+](=O)[O-])OCO2. The molecule has 1 aliphatic rings. The van der Waals surface area contributed by atoms with Crippen LogP contribution in [-0.2, 0) is 0 Å². The van der Waals surface area contributed by atoms with Gasteiger partial charge in [0.1, 0.15) is 5.56 Å². The minimum absolute atomic E-state index is 0.125. The highest BCUT2D eigenvalue weighted by Crippen LogP contribution is 2.42. The quantitative estimate of drug-likeness (QED) is 0.579. The molecule has 0 unspecified atom stereocenters. The maximum absolute atomic E-state index is 10.7. The summed E-state index contributed by atoms with van der Waals surface area (Å²) in [6.45, 7) is -0.140. The van der Waals surface area contributed by atoms with Crippen LogP contribution in [0, 0.1) is 10.1 Å². The number of carbonyl (C=O) groups is 1. The topological polar surface area (TPSA) is 98.9 Å². The van der Waals surface area contributed by atoms with Crippen LogP contribution in [0.1, 0.15) is 10.4 Å². The van der Waals surface area contributed by atoms with Gasteiger partial charge in [0, 0.05) is 0 Å². The minimum atomic E-state index is -1.38. The molecule has 7 nitrogen and oxygen atoms in total. The zero-order valence-corrected chi connectivity index (χ0v) is 7.30. The van der Waals surface area contributed by atoms with E-state index in [1.54, 1.807) is 0 Å². The smallest absolute Gasteiger partial charge is 0.342 e. The minimum Gasteiger partial charge on any atom is -0.477 e. The monoisotopic (exact) mass is 211 g/mol. The fourth-order valence-corrected chi connectivity index (χ4v) is 1.31. The van der Waals surface area contributed by atoms with Gasteiger partial charge >= 0.3 is 11.7 Å². The van der Waals surface area contributed by atoms with Gasteiger partial charge in [-0.3, -0.25) is 10.1 Å². The van der Waals surface area contributed by atoms with E-state index < -0.39 is 22.1 Å². The molecule has 78 valence electrons. The molecule has 0 spiro atoms. The van der Waals surface area contributed by atoms with Crippen molar-refractivity contribution >= 4 is 11.7 Å². The van der Waals surface area contributed by atoms with Gasteiger partial charge in [-0.05, 0) is 12.1 Å². The summed E-state index contributed by atoms with van der Waals surface area (Å²) in [6, 6.07) is 2.45. The lowest BCUT2D eigenvalue weighted by Gasteiger charge is -2.00. The molecule has 0 aromatic heterocycles. The van der Waals surface area contributed by atoms with E-state index in [1.807, 2.05) is 0 Å². The summed E-state index contributed by atoms with van der Waals surface area (Å²) >= 11 is 0. The van der Waals surface area contributed by atoms with Crippen molar-refractivity contribution < 1.29 is 24.3 Å². The van der Waals surface area contributed by atoms with E-state index in [-0.39, 0.29) is 18.3 Å². The molecule has 0 fully saturated rings. The summed E-state index contributed by atoms with van der Waals surface area (Å²) in [7, 11) is 0. The average molecular weight is 211 g/mol. The predicted molar refractivity (Wildman–Crippen MR) is 46.2 cm³/mol. The fraction of sp³-hybridized carbons (Fsp3) is 0.125. The standard InChI is InChI=1S/C8H5NO6/c10-8(11)4-1-2-5-7(15-3-14-5)6(4)9(12)13/h1-2H,3H2,(H,10,11). The van der Waals surface area contributed by atoms with E-state index >= 15 is 0 Å². The zero-order valence-electron chi connectivity index (χ0n) is 7.30. The van der Waals surface area contributed by atoms with Gasteiger partial charge in [0.15, 0.2) is 5.75 Å². The van der Waals surface area contributed by atoms with Gasteiger partial charge in [-0.15, -0.1) is 0 Å². The number of hydrogen-bond donors (Lipinski definition) is 1. The molecule has 0 radical (unpaired) electrons. The van der Waals surface area contributed by atoms with Crippen LogP contribution in [0.5, 0.6) is 11.5 Å². The van der Waals surface area contributed by atoms with Crippen molar-refractivity contribution in [3.05, 3.63) is 27.8 Å². The molecule has 1 aromatic rings. The van der Waals surface area contributed by atoms with Gasteiger partial charge in [0.25, 0.3) is 0 Å². The summed E-state index contributed by atoms with van der Waals surface area (Å²) in [5.74, 6) is -1.31. The third-order valence-corrected chi connectivity index (χ3v) is 1.93. The fourth-order valence-electron chi connectivity index (χ4n) is 1.31. The number of nitro groups is 1. The molecule has 15 heavy (non-hydrogen) atoms. The number of nitrogens with zero attached hydrogens (tertiary/aromatic N) is 1. The molecule has 0 atom stereocenters. The highest BCUT2D eigenvalue weighted by atomic mass is 16.7. The van der Waals surface area contributed by atoms with Gasteiger partial charge in [-0.1, -0.05) is 0 Å². The molecule has 1 aliphatic heterocycles. The van der Waals surface area contributed by atoms with Crippen LogP contribution < -0.4 is 9.47 Å². The van der Waals surface area contributed by atoms with Crippen LogP contribution in [-0.4, -0.2) is 22.8 Å². The third kappa shape index (κ3) is 1.33. The van der Waals surface area contributed by atoms with E-state index in [9.17, 15) is 14.9 Å². The Balaban J connectivity index is 2.69. The molecule has 1 heterocycles. The van der Waals surface area contributed by atoms with E-state index in [4.69, 9.17) is 14.6 Å². The largest absolute Gasteiger partial charge is 0.477 e. The van der Waals surface area contributed by atoms with Crippen LogP contribution in [0.15, 0.2) is 12.1 Å². The molecule has 0 aliphatic carbocycles. The Hall–Kier alpha value is -2.31. The van der Waals surface area contributed by atoms with Crippen LogP contribution in [0.3, 0.4) is 0 Å². The van der Waals surface area contributed by atoms with Gasteiger partial charge in [-0.25, -0.2) is 4.79 Å². The molecule has 2 rings (SSSR count).